The van der Waals surface area contributed by atoms with Crippen molar-refractivity contribution in [3.05, 3.63) is 82.8 Å². The van der Waals surface area contributed by atoms with Gasteiger partial charge < -0.3 is 10.1 Å². The fourth-order valence-corrected chi connectivity index (χ4v) is 3.22. The number of benzene rings is 2. The predicted octanol–water partition coefficient (Wildman–Crippen LogP) is 4.76. The van der Waals surface area contributed by atoms with E-state index in [1.165, 1.54) is 12.1 Å². The predicted molar refractivity (Wildman–Crippen MR) is 121 cm³/mol. The smallest absolute Gasteiger partial charge is 0.321 e. The first-order chi connectivity index (χ1) is 16.0. The van der Waals surface area contributed by atoms with Crippen LogP contribution in [0.15, 0.2) is 71.5 Å². The Balaban J connectivity index is 1.33. The highest BCUT2D eigenvalue weighted by atomic mass is 79.9. The molecule has 0 unspecified atom stereocenters. The van der Waals surface area contributed by atoms with Crippen LogP contribution in [0.4, 0.5) is 10.1 Å². The fourth-order valence-electron chi connectivity index (χ4n) is 3.02. The van der Waals surface area contributed by atoms with Crippen LogP contribution in [0.2, 0.25) is 0 Å². The van der Waals surface area contributed by atoms with Gasteiger partial charge >= 0.3 is 6.01 Å². The van der Waals surface area contributed by atoms with E-state index < -0.39 is 11.7 Å². The van der Waals surface area contributed by atoms with Crippen molar-refractivity contribution < 1.29 is 13.9 Å². The maximum absolute atomic E-state index is 14.4. The molecule has 0 bridgehead atoms. The molecule has 0 fully saturated rings. The van der Waals surface area contributed by atoms with Gasteiger partial charge in [0.2, 0.25) is 5.65 Å². The number of aromatic amines is 1. The van der Waals surface area contributed by atoms with Gasteiger partial charge in [-0.1, -0.05) is 0 Å². The number of halogens is 2. The van der Waals surface area contributed by atoms with Crippen molar-refractivity contribution in [2.45, 2.75) is 0 Å². The van der Waals surface area contributed by atoms with E-state index in [-0.39, 0.29) is 11.6 Å². The average molecular weight is 506 g/mol. The van der Waals surface area contributed by atoms with Crippen molar-refractivity contribution in [1.29, 1.82) is 0 Å². The van der Waals surface area contributed by atoms with Crippen molar-refractivity contribution in [3.8, 4) is 23.0 Å². The Labute approximate surface area is 194 Å². The Morgan fingerprint density at radius 1 is 1.00 bits per heavy atom. The fraction of sp³-hybridized carbons (Fsp3) is 0. The maximum atomic E-state index is 14.4. The number of hydrogen-bond acceptors (Lipinski definition) is 7. The number of nitrogens with one attached hydrogen (secondary N) is 2. The first-order valence-electron chi connectivity index (χ1n) is 9.59. The van der Waals surface area contributed by atoms with E-state index in [0.717, 1.165) is 4.47 Å². The third-order valence-corrected chi connectivity index (χ3v) is 5.02. The van der Waals surface area contributed by atoms with Crippen LogP contribution in [-0.2, 0) is 0 Å². The number of pyridine rings is 1. The summed E-state index contributed by atoms with van der Waals surface area (Å²) in [5.74, 6) is -0.759. The Hall–Kier alpha value is -4.25. The van der Waals surface area contributed by atoms with Crippen molar-refractivity contribution >= 4 is 38.7 Å². The largest absolute Gasteiger partial charge is 0.424 e. The molecule has 1 amide bonds. The van der Waals surface area contributed by atoms with Crippen LogP contribution in [0.5, 0.6) is 11.8 Å². The normalized spacial score (nSPS) is 10.8. The molecule has 0 aliphatic heterocycles. The number of ether oxygens (including phenoxy) is 1. The molecular weight excluding hydrogens is 493 g/mol. The second kappa shape index (κ2) is 8.71. The van der Waals surface area contributed by atoms with Crippen LogP contribution in [0.3, 0.4) is 0 Å². The second-order valence-corrected chi connectivity index (χ2v) is 7.74. The lowest BCUT2D eigenvalue weighted by molar-refractivity contribution is 0.102. The molecule has 0 aliphatic carbocycles. The molecule has 0 saturated carbocycles. The summed E-state index contributed by atoms with van der Waals surface area (Å²) in [6.07, 6.45) is 3.14. The van der Waals surface area contributed by atoms with E-state index >= 15 is 0 Å². The highest BCUT2D eigenvalue weighted by molar-refractivity contribution is 9.10. The SMILES string of the molecule is O=C(Nc1ccc(Oc2ncc(Br)cn2)cc1)c1cc(-c2ccc3n[nH]nc3n2)ccc1F. The molecule has 162 valence electrons. The topological polar surface area (TPSA) is 119 Å². The van der Waals surface area contributed by atoms with Gasteiger partial charge in [-0.25, -0.2) is 19.3 Å². The van der Waals surface area contributed by atoms with Crippen LogP contribution >= 0.6 is 15.9 Å². The van der Waals surface area contributed by atoms with E-state index in [2.05, 4.69) is 51.6 Å². The molecule has 33 heavy (non-hydrogen) atoms. The molecule has 0 aliphatic rings. The molecule has 0 saturated heterocycles. The van der Waals surface area contributed by atoms with E-state index in [9.17, 15) is 9.18 Å². The van der Waals surface area contributed by atoms with E-state index in [4.69, 9.17) is 4.74 Å². The summed E-state index contributed by atoms with van der Waals surface area (Å²) in [4.78, 5) is 25.2. The van der Waals surface area contributed by atoms with Crippen LogP contribution in [0.25, 0.3) is 22.4 Å². The number of anilines is 1. The van der Waals surface area contributed by atoms with Gasteiger partial charge in [-0.3, -0.25) is 4.79 Å². The minimum atomic E-state index is -0.647. The Morgan fingerprint density at radius 2 is 1.79 bits per heavy atom. The molecule has 0 radical (unpaired) electrons. The number of amides is 1. The molecule has 5 aromatic rings. The van der Waals surface area contributed by atoms with Gasteiger partial charge in [0.15, 0.2) is 0 Å². The zero-order chi connectivity index (χ0) is 22.8. The summed E-state index contributed by atoms with van der Waals surface area (Å²) in [6.45, 7) is 0. The highest BCUT2D eigenvalue weighted by Gasteiger charge is 2.15. The number of nitrogens with zero attached hydrogens (tertiary/aromatic N) is 5. The van der Waals surface area contributed by atoms with Gasteiger partial charge in [0.1, 0.15) is 17.1 Å². The van der Waals surface area contributed by atoms with Crippen molar-refractivity contribution in [3.63, 3.8) is 0 Å². The number of fused-ring (bicyclic) bond motifs is 1. The number of carbonyl (C=O) groups excluding carboxylic acids is 1. The van der Waals surface area contributed by atoms with E-state index in [0.29, 0.717) is 33.9 Å². The summed E-state index contributed by atoms with van der Waals surface area (Å²) in [6, 6.07) is 14.4. The molecule has 2 N–H and O–H groups in total. The van der Waals surface area contributed by atoms with Gasteiger partial charge in [-0.15, -0.1) is 5.10 Å². The standard InChI is InChI=1S/C22H13BrFN7O2/c23-13-10-25-22(26-11-13)33-15-4-2-14(3-5-15)27-21(32)16-9-12(1-6-17(16)24)18-7-8-19-20(28-18)30-31-29-19/h1-11H,(H,27,32)(H,28,29,30,31). The van der Waals surface area contributed by atoms with Gasteiger partial charge in [0.25, 0.3) is 5.91 Å². The van der Waals surface area contributed by atoms with E-state index in [1.807, 2.05) is 0 Å². The lowest BCUT2D eigenvalue weighted by atomic mass is 10.1. The number of aromatic nitrogens is 6. The van der Waals surface area contributed by atoms with Gasteiger partial charge in [0.05, 0.1) is 15.7 Å². The number of hydrogen-bond donors (Lipinski definition) is 2. The minimum absolute atomic E-state index is 0.113. The van der Waals surface area contributed by atoms with Crippen molar-refractivity contribution in [1.82, 2.24) is 30.4 Å². The summed E-state index contributed by atoms with van der Waals surface area (Å²) in [5, 5.41) is 13.1. The third kappa shape index (κ3) is 4.53. The molecule has 0 spiro atoms. The van der Waals surface area contributed by atoms with Gasteiger partial charge in [0, 0.05) is 23.6 Å². The summed E-state index contributed by atoms with van der Waals surface area (Å²) in [5.41, 5.74) is 2.51. The molecule has 0 atom stereocenters. The summed E-state index contributed by atoms with van der Waals surface area (Å²) >= 11 is 3.26. The highest BCUT2D eigenvalue weighted by Crippen LogP contribution is 2.24. The number of H-pyrrole nitrogens is 1. The van der Waals surface area contributed by atoms with Crippen LogP contribution in [-0.4, -0.2) is 36.3 Å². The molecular formula is C22H13BrFN7O2. The molecule has 3 heterocycles. The minimum Gasteiger partial charge on any atom is -0.424 e. The third-order valence-electron chi connectivity index (χ3n) is 4.61. The summed E-state index contributed by atoms with van der Waals surface area (Å²) < 4.78 is 20.7. The Bertz CT molecular complexity index is 1460. The lowest BCUT2D eigenvalue weighted by Gasteiger charge is -2.09. The van der Waals surface area contributed by atoms with Gasteiger partial charge in [-0.05, 0) is 70.5 Å². The lowest BCUT2D eigenvalue weighted by Crippen LogP contribution is -2.14. The molecule has 2 aromatic carbocycles. The summed E-state index contributed by atoms with van der Waals surface area (Å²) in [7, 11) is 0. The second-order valence-electron chi connectivity index (χ2n) is 6.82. The first kappa shape index (κ1) is 20.6. The van der Waals surface area contributed by atoms with Gasteiger partial charge in [-0.2, -0.15) is 10.3 Å². The zero-order valence-electron chi connectivity index (χ0n) is 16.7. The van der Waals surface area contributed by atoms with E-state index in [1.54, 1.807) is 54.9 Å². The number of carbonyl (C=O) groups is 1. The van der Waals surface area contributed by atoms with Crippen LogP contribution in [0.1, 0.15) is 10.4 Å². The quantitative estimate of drug-likeness (QED) is 0.353. The maximum Gasteiger partial charge on any atom is 0.321 e. The van der Waals surface area contributed by atoms with Crippen molar-refractivity contribution in [2.75, 3.05) is 5.32 Å². The number of rotatable bonds is 5. The molecule has 5 rings (SSSR count). The van der Waals surface area contributed by atoms with Crippen molar-refractivity contribution in [2.24, 2.45) is 0 Å². The van der Waals surface area contributed by atoms with Crippen LogP contribution < -0.4 is 10.1 Å². The molecule has 11 heteroatoms. The first-order valence-corrected chi connectivity index (χ1v) is 10.4. The molecule has 3 aromatic heterocycles. The molecule has 9 nitrogen and oxygen atoms in total. The van der Waals surface area contributed by atoms with Crippen LogP contribution in [0, 0.1) is 5.82 Å². The monoisotopic (exact) mass is 505 g/mol. The Morgan fingerprint density at radius 3 is 2.58 bits per heavy atom. The average Bonchev–Trinajstić information content (AvgIpc) is 3.30. The zero-order valence-corrected chi connectivity index (χ0v) is 18.2. The Kier molecular flexibility index (Phi) is 5.45.